The highest BCUT2D eigenvalue weighted by Gasteiger charge is 2.05. The van der Waals surface area contributed by atoms with Crippen LogP contribution in [-0.2, 0) is 11.3 Å². The number of hydrogen-bond acceptors (Lipinski definition) is 6. The summed E-state index contributed by atoms with van der Waals surface area (Å²) < 4.78 is 15.7. The predicted molar refractivity (Wildman–Crippen MR) is 70.2 cm³/mol. The highest BCUT2D eigenvalue weighted by molar-refractivity contribution is 5.35. The average Bonchev–Trinajstić information content (AvgIpc) is 2.39. The third-order valence-corrected chi connectivity index (χ3v) is 2.34. The van der Waals surface area contributed by atoms with E-state index in [0.717, 1.165) is 5.56 Å². The lowest BCUT2D eigenvalue weighted by Gasteiger charge is -2.08. The lowest BCUT2D eigenvalue weighted by Crippen LogP contribution is -1.99. The number of nitrogen functional groups attached to an aromatic ring is 1. The molecule has 0 spiro atoms. The molecule has 1 heterocycles. The SMILES string of the molecule is COCc1cccc(Oc2cc(OC)nc(N)n2)c1. The summed E-state index contributed by atoms with van der Waals surface area (Å²) in [6.45, 7) is 0.520. The standard InChI is InChI=1S/C13H15N3O3/c1-17-8-9-4-3-5-10(6-9)19-12-7-11(18-2)15-13(14)16-12/h3-7H,8H2,1-2H3,(H2,14,15,16). The molecule has 0 atom stereocenters. The Hall–Kier alpha value is -2.34. The summed E-state index contributed by atoms with van der Waals surface area (Å²) in [5.74, 6) is 1.44. The largest absolute Gasteiger partial charge is 0.481 e. The smallest absolute Gasteiger partial charge is 0.227 e. The summed E-state index contributed by atoms with van der Waals surface area (Å²) in [4.78, 5) is 7.87. The van der Waals surface area contributed by atoms with Crippen molar-refractivity contribution in [2.45, 2.75) is 6.61 Å². The normalized spacial score (nSPS) is 10.2. The van der Waals surface area contributed by atoms with Gasteiger partial charge in [0.05, 0.1) is 19.8 Å². The topological polar surface area (TPSA) is 79.5 Å². The van der Waals surface area contributed by atoms with Crippen molar-refractivity contribution in [3.05, 3.63) is 35.9 Å². The molecule has 0 aliphatic carbocycles. The summed E-state index contributed by atoms with van der Waals surface area (Å²) in [6.07, 6.45) is 0. The van der Waals surface area contributed by atoms with E-state index in [4.69, 9.17) is 19.9 Å². The summed E-state index contributed by atoms with van der Waals surface area (Å²) in [6, 6.07) is 9.09. The van der Waals surface area contributed by atoms with Crippen LogP contribution in [0, 0.1) is 0 Å². The van der Waals surface area contributed by atoms with Gasteiger partial charge < -0.3 is 19.9 Å². The van der Waals surface area contributed by atoms with Gasteiger partial charge in [0.25, 0.3) is 0 Å². The molecule has 0 amide bonds. The van der Waals surface area contributed by atoms with Gasteiger partial charge in [0.2, 0.25) is 17.7 Å². The maximum Gasteiger partial charge on any atom is 0.227 e. The highest BCUT2D eigenvalue weighted by Crippen LogP contribution is 2.24. The van der Waals surface area contributed by atoms with Crippen molar-refractivity contribution >= 4 is 5.95 Å². The van der Waals surface area contributed by atoms with Crippen LogP contribution in [0.3, 0.4) is 0 Å². The van der Waals surface area contributed by atoms with Gasteiger partial charge in [-0.25, -0.2) is 0 Å². The van der Waals surface area contributed by atoms with Crippen molar-refractivity contribution in [1.29, 1.82) is 0 Å². The first-order valence-corrected chi connectivity index (χ1v) is 5.65. The fourth-order valence-electron chi connectivity index (χ4n) is 1.56. The Morgan fingerprint density at radius 3 is 2.63 bits per heavy atom. The molecule has 0 saturated carbocycles. The van der Waals surface area contributed by atoms with Crippen molar-refractivity contribution in [3.8, 4) is 17.5 Å². The van der Waals surface area contributed by atoms with Gasteiger partial charge in [0, 0.05) is 7.11 Å². The first kappa shape index (κ1) is 13.1. The van der Waals surface area contributed by atoms with Crippen LogP contribution in [-0.4, -0.2) is 24.2 Å². The molecule has 0 aliphatic heterocycles. The quantitative estimate of drug-likeness (QED) is 0.886. The molecule has 0 saturated heterocycles. The number of methoxy groups -OCH3 is 2. The molecule has 0 aliphatic rings. The Labute approximate surface area is 111 Å². The number of benzene rings is 1. The molecule has 0 bridgehead atoms. The van der Waals surface area contributed by atoms with Crippen LogP contribution in [0.25, 0.3) is 0 Å². The number of nitrogens with zero attached hydrogens (tertiary/aromatic N) is 2. The van der Waals surface area contributed by atoms with Gasteiger partial charge in [0.1, 0.15) is 5.75 Å². The van der Waals surface area contributed by atoms with Crippen LogP contribution in [0.1, 0.15) is 5.56 Å². The fourth-order valence-corrected chi connectivity index (χ4v) is 1.56. The van der Waals surface area contributed by atoms with Gasteiger partial charge in [-0.2, -0.15) is 9.97 Å². The lowest BCUT2D eigenvalue weighted by atomic mass is 10.2. The molecular formula is C13H15N3O3. The minimum Gasteiger partial charge on any atom is -0.481 e. The maximum absolute atomic E-state index is 5.62. The van der Waals surface area contributed by atoms with E-state index in [0.29, 0.717) is 24.1 Å². The molecule has 1 aromatic heterocycles. The molecule has 0 unspecified atom stereocenters. The number of hydrogen-bond donors (Lipinski definition) is 1. The van der Waals surface area contributed by atoms with Gasteiger partial charge in [-0.3, -0.25) is 0 Å². The Bertz CT molecular complexity index is 561. The van der Waals surface area contributed by atoms with Gasteiger partial charge in [-0.05, 0) is 17.7 Å². The number of ether oxygens (including phenoxy) is 3. The Morgan fingerprint density at radius 1 is 1.11 bits per heavy atom. The monoisotopic (exact) mass is 261 g/mol. The van der Waals surface area contributed by atoms with E-state index in [1.165, 1.54) is 7.11 Å². The van der Waals surface area contributed by atoms with Crippen molar-refractivity contribution < 1.29 is 14.2 Å². The van der Waals surface area contributed by atoms with Crippen LogP contribution in [0.15, 0.2) is 30.3 Å². The number of rotatable bonds is 5. The van der Waals surface area contributed by atoms with E-state index in [2.05, 4.69) is 9.97 Å². The number of nitrogens with two attached hydrogens (primary N) is 1. The molecule has 2 rings (SSSR count). The van der Waals surface area contributed by atoms with Gasteiger partial charge in [-0.15, -0.1) is 0 Å². The molecule has 2 aromatic rings. The van der Waals surface area contributed by atoms with Crippen molar-refractivity contribution in [2.24, 2.45) is 0 Å². The summed E-state index contributed by atoms with van der Waals surface area (Å²) in [5.41, 5.74) is 6.57. The first-order chi connectivity index (χ1) is 9.21. The molecule has 0 fully saturated rings. The summed E-state index contributed by atoms with van der Waals surface area (Å²) in [7, 11) is 3.15. The molecular weight excluding hydrogens is 246 g/mol. The van der Waals surface area contributed by atoms with E-state index in [9.17, 15) is 0 Å². The van der Waals surface area contributed by atoms with Gasteiger partial charge >= 0.3 is 0 Å². The van der Waals surface area contributed by atoms with Gasteiger partial charge in [-0.1, -0.05) is 12.1 Å². The zero-order chi connectivity index (χ0) is 13.7. The molecule has 19 heavy (non-hydrogen) atoms. The number of aromatic nitrogens is 2. The maximum atomic E-state index is 5.62. The molecule has 6 nitrogen and oxygen atoms in total. The van der Waals surface area contributed by atoms with Crippen molar-refractivity contribution in [3.63, 3.8) is 0 Å². The lowest BCUT2D eigenvalue weighted by molar-refractivity contribution is 0.184. The first-order valence-electron chi connectivity index (χ1n) is 5.65. The molecule has 6 heteroatoms. The second-order valence-corrected chi connectivity index (χ2v) is 3.79. The van der Waals surface area contributed by atoms with Crippen LogP contribution in [0.5, 0.6) is 17.5 Å². The van der Waals surface area contributed by atoms with E-state index >= 15 is 0 Å². The van der Waals surface area contributed by atoms with Crippen LogP contribution >= 0.6 is 0 Å². The highest BCUT2D eigenvalue weighted by atomic mass is 16.5. The van der Waals surface area contributed by atoms with Crippen LogP contribution in [0.2, 0.25) is 0 Å². The van der Waals surface area contributed by atoms with Crippen LogP contribution in [0.4, 0.5) is 5.95 Å². The minimum absolute atomic E-state index is 0.0994. The zero-order valence-electron chi connectivity index (χ0n) is 10.8. The predicted octanol–water partition coefficient (Wildman–Crippen LogP) is 2.01. The van der Waals surface area contributed by atoms with Crippen molar-refractivity contribution in [1.82, 2.24) is 9.97 Å². The average molecular weight is 261 g/mol. The Morgan fingerprint density at radius 2 is 1.89 bits per heavy atom. The number of anilines is 1. The van der Waals surface area contributed by atoms with E-state index in [-0.39, 0.29) is 5.95 Å². The van der Waals surface area contributed by atoms with Gasteiger partial charge in [0.15, 0.2) is 0 Å². The fraction of sp³-hybridized carbons (Fsp3) is 0.231. The molecule has 2 N–H and O–H groups in total. The molecule has 1 aromatic carbocycles. The third kappa shape index (κ3) is 3.56. The Kier molecular flexibility index (Phi) is 4.15. The Balaban J connectivity index is 2.20. The van der Waals surface area contributed by atoms with E-state index in [1.54, 1.807) is 13.2 Å². The second-order valence-electron chi connectivity index (χ2n) is 3.79. The molecule has 0 radical (unpaired) electrons. The third-order valence-electron chi connectivity index (χ3n) is 2.34. The second kappa shape index (κ2) is 6.01. The van der Waals surface area contributed by atoms with Crippen LogP contribution < -0.4 is 15.2 Å². The summed E-state index contributed by atoms with van der Waals surface area (Å²) >= 11 is 0. The van der Waals surface area contributed by atoms with E-state index in [1.807, 2.05) is 24.3 Å². The van der Waals surface area contributed by atoms with E-state index < -0.39 is 0 Å². The zero-order valence-corrected chi connectivity index (χ0v) is 10.8. The minimum atomic E-state index is 0.0994. The van der Waals surface area contributed by atoms with Crippen molar-refractivity contribution in [2.75, 3.05) is 20.0 Å². The molecule has 100 valence electrons. The summed E-state index contributed by atoms with van der Waals surface area (Å²) in [5, 5.41) is 0.